The van der Waals surface area contributed by atoms with E-state index in [-0.39, 0.29) is 18.6 Å². The first-order valence-corrected chi connectivity index (χ1v) is 14.1. The van der Waals surface area contributed by atoms with Crippen molar-refractivity contribution in [3.8, 4) is 22.6 Å². The maximum Gasteiger partial charge on any atom is 0.510 e. The molecule has 0 radical (unpaired) electrons. The summed E-state index contributed by atoms with van der Waals surface area (Å²) in [7, 11) is 1.79. The number of pyridine rings is 1. The molecule has 1 N–H and O–H groups in total. The second-order valence-corrected chi connectivity index (χ2v) is 10.0. The van der Waals surface area contributed by atoms with Gasteiger partial charge < -0.3 is 14.8 Å². The first-order chi connectivity index (χ1) is 20.4. The maximum atomic E-state index is 13.9. The van der Waals surface area contributed by atoms with Crippen LogP contribution in [0, 0.1) is 6.92 Å². The zero-order valence-electron chi connectivity index (χ0n) is 24.2. The monoisotopic (exact) mass is 573 g/mol. The zero-order chi connectivity index (χ0) is 29.6. The van der Waals surface area contributed by atoms with Crippen LogP contribution >= 0.6 is 0 Å². The number of nitrogens with zero attached hydrogens (tertiary/aromatic N) is 8. The van der Waals surface area contributed by atoms with Gasteiger partial charge in [-0.2, -0.15) is 5.10 Å². The van der Waals surface area contributed by atoms with Gasteiger partial charge in [0.05, 0.1) is 18.8 Å². The minimum absolute atomic E-state index is 0.0119. The Hall–Kier alpha value is -4.65. The first kappa shape index (κ1) is 28.9. The Bertz CT molecular complexity index is 1530. The smallest absolute Gasteiger partial charge is 0.435 e. The summed E-state index contributed by atoms with van der Waals surface area (Å²) in [5.41, 5.74) is 3.74. The molecular formula is C29H35N9O4. The zero-order valence-corrected chi connectivity index (χ0v) is 24.2. The fourth-order valence-electron chi connectivity index (χ4n) is 5.06. The highest BCUT2D eigenvalue weighted by Crippen LogP contribution is 2.31. The van der Waals surface area contributed by atoms with Gasteiger partial charge >= 0.3 is 6.16 Å². The molecule has 1 amide bonds. The number of rotatable bonds is 9. The van der Waals surface area contributed by atoms with E-state index in [1.165, 1.54) is 4.80 Å². The van der Waals surface area contributed by atoms with Crippen LogP contribution in [0.15, 0.2) is 48.8 Å². The van der Waals surface area contributed by atoms with Gasteiger partial charge in [-0.3, -0.25) is 14.4 Å². The quantitative estimate of drug-likeness (QED) is 0.293. The molecule has 1 saturated heterocycles. The van der Waals surface area contributed by atoms with Crippen molar-refractivity contribution in [2.24, 2.45) is 7.05 Å². The highest BCUT2D eigenvalue weighted by Gasteiger charge is 2.30. The molecule has 1 aliphatic rings. The Labute approximate surface area is 243 Å². The third-order valence-corrected chi connectivity index (χ3v) is 7.19. The van der Waals surface area contributed by atoms with E-state index >= 15 is 0 Å². The van der Waals surface area contributed by atoms with Gasteiger partial charge in [0.25, 0.3) is 5.91 Å². The number of anilines is 1. The van der Waals surface area contributed by atoms with E-state index in [1.807, 2.05) is 55.1 Å². The van der Waals surface area contributed by atoms with Gasteiger partial charge in [0.15, 0.2) is 0 Å². The molecule has 4 aromatic rings. The largest absolute Gasteiger partial charge is 0.510 e. The number of aryl methyl sites for hydroxylation is 2. The van der Waals surface area contributed by atoms with Crippen molar-refractivity contribution in [3.63, 3.8) is 0 Å². The minimum Gasteiger partial charge on any atom is -0.435 e. The molecule has 13 heteroatoms. The normalized spacial score (nSPS) is 15.7. The van der Waals surface area contributed by atoms with Crippen molar-refractivity contribution < 1.29 is 19.1 Å². The Kier molecular flexibility index (Phi) is 8.86. The van der Waals surface area contributed by atoms with Gasteiger partial charge in [-0.05, 0) is 67.8 Å². The number of hydrogen-bond acceptors (Lipinski definition) is 10. The van der Waals surface area contributed by atoms with Crippen LogP contribution in [0.1, 0.15) is 55.3 Å². The summed E-state index contributed by atoms with van der Waals surface area (Å²) in [6.07, 6.45) is 4.21. The molecule has 0 saturated carbocycles. The molecule has 5 rings (SSSR count). The van der Waals surface area contributed by atoms with Crippen LogP contribution in [0.25, 0.3) is 22.6 Å². The van der Waals surface area contributed by atoms with E-state index in [1.54, 1.807) is 31.0 Å². The molecule has 2 atom stereocenters. The summed E-state index contributed by atoms with van der Waals surface area (Å²) in [6.45, 7) is 7.38. The molecular weight excluding hydrogens is 538 g/mol. The number of benzene rings is 1. The average molecular weight is 574 g/mol. The van der Waals surface area contributed by atoms with Crippen LogP contribution in [0.5, 0.6) is 0 Å². The molecule has 13 nitrogen and oxygen atoms in total. The molecule has 3 aromatic heterocycles. The van der Waals surface area contributed by atoms with Crippen LogP contribution < -0.4 is 10.2 Å². The summed E-state index contributed by atoms with van der Waals surface area (Å²) >= 11 is 0. The molecule has 0 spiro atoms. The minimum atomic E-state index is -0.796. The van der Waals surface area contributed by atoms with E-state index in [2.05, 4.69) is 30.8 Å². The number of aromatic nitrogens is 7. The predicted molar refractivity (Wildman–Crippen MR) is 155 cm³/mol. The number of nitrogens with one attached hydrogen (secondary N) is 1. The van der Waals surface area contributed by atoms with Crippen molar-refractivity contribution in [1.29, 1.82) is 0 Å². The van der Waals surface area contributed by atoms with Crippen molar-refractivity contribution in [3.05, 3.63) is 59.9 Å². The lowest BCUT2D eigenvalue weighted by Crippen LogP contribution is -2.49. The number of carbonyl (C=O) groups is 2. The summed E-state index contributed by atoms with van der Waals surface area (Å²) in [4.78, 5) is 33.4. The maximum absolute atomic E-state index is 13.9. The highest BCUT2D eigenvalue weighted by atomic mass is 16.7. The lowest BCUT2D eigenvalue weighted by molar-refractivity contribution is -0.0158. The number of ether oxygens (including phenoxy) is 2. The second kappa shape index (κ2) is 12.9. The number of carbonyl (C=O) groups excluding carboxylic acids is 2. The van der Waals surface area contributed by atoms with Gasteiger partial charge in [0, 0.05) is 37.3 Å². The topological polar surface area (TPSA) is 142 Å². The number of piperidine rings is 1. The second-order valence-electron chi connectivity index (χ2n) is 10.0. The van der Waals surface area contributed by atoms with Crippen LogP contribution in [-0.2, 0) is 16.5 Å². The Balaban J connectivity index is 1.41. The van der Waals surface area contributed by atoms with Crippen LogP contribution in [-0.4, -0.2) is 72.8 Å². The van der Waals surface area contributed by atoms with E-state index < -0.39 is 12.4 Å². The molecule has 1 aromatic carbocycles. The third-order valence-electron chi connectivity index (χ3n) is 7.19. The fraction of sp³-hybridized carbons (Fsp3) is 0.414. The van der Waals surface area contributed by atoms with Gasteiger partial charge in [0.2, 0.25) is 12.1 Å². The lowest BCUT2D eigenvalue weighted by atomic mass is 10.0. The van der Waals surface area contributed by atoms with E-state index in [0.29, 0.717) is 29.3 Å². The molecule has 0 aliphatic carbocycles. The van der Waals surface area contributed by atoms with Crippen LogP contribution in [0.4, 0.5) is 10.6 Å². The standard InChI is InChI=1S/C29H35N9O4/c1-5-24(42-29(40)41-6-2)38-34-26(33-35-38)25-23(18-32-36(25)4)20-11-13-21(14-12-20)28(39)37(22-10-8-15-30-17-22)27-19(3)9-7-16-31-27/h7,9,11-14,16,18,22,24,30H,5-6,8,10,15,17H2,1-4H3/t22-,24?/m1/s1. The van der Waals surface area contributed by atoms with E-state index in [9.17, 15) is 9.59 Å². The molecule has 42 heavy (non-hydrogen) atoms. The van der Waals surface area contributed by atoms with Gasteiger partial charge in [0.1, 0.15) is 11.5 Å². The SMILES string of the molecule is CCOC(=O)OC(CC)n1nnc(-c2c(-c3ccc(C(=O)N(c4ncccc4C)[C@@H]4CCCNC4)cc3)cnn2C)n1. The Morgan fingerprint density at radius 2 is 2.00 bits per heavy atom. The van der Waals surface area contributed by atoms with Gasteiger partial charge in [-0.15, -0.1) is 15.0 Å². The van der Waals surface area contributed by atoms with Crippen molar-refractivity contribution in [2.75, 3.05) is 24.6 Å². The number of hydrogen-bond donors (Lipinski definition) is 1. The Morgan fingerprint density at radius 3 is 2.69 bits per heavy atom. The van der Waals surface area contributed by atoms with Crippen molar-refractivity contribution >= 4 is 17.9 Å². The molecule has 4 heterocycles. The molecule has 1 aliphatic heterocycles. The third kappa shape index (κ3) is 6.00. The molecule has 1 unspecified atom stereocenters. The fourth-order valence-corrected chi connectivity index (χ4v) is 5.06. The average Bonchev–Trinajstić information content (AvgIpc) is 3.64. The number of amides is 1. The van der Waals surface area contributed by atoms with E-state index in [4.69, 9.17) is 9.47 Å². The van der Waals surface area contributed by atoms with E-state index in [0.717, 1.165) is 42.6 Å². The molecule has 1 fully saturated rings. The molecule has 0 bridgehead atoms. The van der Waals surface area contributed by atoms with Gasteiger partial charge in [-0.25, -0.2) is 9.78 Å². The summed E-state index contributed by atoms with van der Waals surface area (Å²) < 4.78 is 11.8. The highest BCUT2D eigenvalue weighted by molar-refractivity contribution is 6.06. The van der Waals surface area contributed by atoms with Crippen LogP contribution in [0.3, 0.4) is 0 Å². The predicted octanol–water partition coefficient (Wildman–Crippen LogP) is 3.92. The molecule has 220 valence electrons. The van der Waals surface area contributed by atoms with Crippen LogP contribution in [0.2, 0.25) is 0 Å². The van der Waals surface area contributed by atoms with Gasteiger partial charge in [-0.1, -0.05) is 25.1 Å². The first-order valence-electron chi connectivity index (χ1n) is 14.1. The number of tetrazole rings is 1. The summed E-state index contributed by atoms with van der Waals surface area (Å²) in [5.74, 6) is 0.902. The summed E-state index contributed by atoms with van der Waals surface area (Å²) in [5, 5.41) is 20.6. The summed E-state index contributed by atoms with van der Waals surface area (Å²) in [6, 6.07) is 11.3. The Morgan fingerprint density at radius 1 is 1.19 bits per heavy atom. The van der Waals surface area contributed by atoms with Crippen molar-refractivity contribution in [2.45, 2.75) is 52.3 Å². The lowest BCUT2D eigenvalue weighted by Gasteiger charge is -2.34. The van der Waals surface area contributed by atoms with Crippen molar-refractivity contribution in [1.82, 2.24) is 40.3 Å².